The van der Waals surface area contributed by atoms with Gasteiger partial charge in [0.05, 0.1) is 12.6 Å². The predicted molar refractivity (Wildman–Crippen MR) is 69.3 cm³/mol. The molecule has 0 spiro atoms. The van der Waals surface area contributed by atoms with Gasteiger partial charge in [-0.1, -0.05) is 36.8 Å². The Labute approximate surface area is 103 Å². The maximum Gasteiger partial charge on any atom is 0.179 e. The van der Waals surface area contributed by atoms with Crippen LogP contribution in [0.2, 0.25) is 0 Å². The number of aliphatic hydroxyl groups is 1. The molecule has 0 aliphatic heterocycles. The summed E-state index contributed by atoms with van der Waals surface area (Å²) in [6.07, 6.45) is 0.808. The molecule has 0 amide bonds. The molecular weight excluding hydrogens is 214 g/mol. The van der Waals surface area contributed by atoms with Gasteiger partial charge in [-0.15, -0.1) is 0 Å². The summed E-state index contributed by atoms with van der Waals surface area (Å²) in [4.78, 5) is 12.1. The molecule has 2 unspecified atom stereocenters. The molecule has 1 aromatic carbocycles. The number of carbonyl (C=O) groups excluding carboxylic acids is 1. The van der Waals surface area contributed by atoms with Gasteiger partial charge in [0.2, 0.25) is 0 Å². The zero-order chi connectivity index (χ0) is 12.8. The second-order valence-corrected chi connectivity index (χ2v) is 4.41. The number of aryl methyl sites for hydroxylation is 1. The van der Waals surface area contributed by atoms with Crippen LogP contribution >= 0.6 is 0 Å². The van der Waals surface area contributed by atoms with Crippen molar-refractivity contribution in [3.05, 3.63) is 35.4 Å². The summed E-state index contributed by atoms with van der Waals surface area (Å²) < 4.78 is 0. The van der Waals surface area contributed by atoms with Crippen molar-refractivity contribution in [2.75, 3.05) is 6.61 Å². The molecule has 94 valence electrons. The van der Waals surface area contributed by atoms with Crippen LogP contribution in [0.25, 0.3) is 0 Å². The van der Waals surface area contributed by atoms with Crippen molar-refractivity contribution in [1.29, 1.82) is 0 Å². The number of carbonyl (C=O) groups is 1. The number of rotatable bonds is 6. The lowest BCUT2D eigenvalue weighted by atomic mass is 10.0. The zero-order valence-corrected chi connectivity index (χ0v) is 10.7. The van der Waals surface area contributed by atoms with Crippen molar-refractivity contribution in [3.8, 4) is 0 Å². The number of benzene rings is 1. The van der Waals surface area contributed by atoms with Crippen molar-refractivity contribution in [1.82, 2.24) is 5.32 Å². The van der Waals surface area contributed by atoms with Gasteiger partial charge in [0.15, 0.2) is 5.78 Å². The SMILES string of the molecule is CCC(CO)NC(C)C(=O)c1ccc(C)cc1. The van der Waals surface area contributed by atoms with Crippen molar-refractivity contribution in [3.63, 3.8) is 0 Å². The molecule has 0 aromatic heterocycles. The molecule has 0 aliphatic carbocycles. The van der Waals surface area contributed by atoms with Crippen molar-refractivity contribution < 1.29 is 9.90 Å². The summed E-state index contributed by atoms with van der Waals surface area (Å²) >= 11 is 0. The first-order valence-electron chi connectivity index (χ1n) is 6.06. The molecule has 0 radical (unpaired) electrons. The van der Waals surface area contributed by atoms with Gasteiger partial charge in [-0.3, -0.25) is 4.79 Å². The number of ketones is 1. The fraction of sp³-hybridized carbons (Fsp3) is 0.500. The quantitative estimate of drug-likeness (QED) is 0.741. The van der Waals surface area contributed by atoms with Gasteiger partial charge in [0, 0.05) is 11.6 Å². The second kappa shape index (κ2) is 6.52. The normalized spacial score (nSPS) is 14.4. The molecule has 2 N–H and O–H groups in total. The minimum atomic E-state index is -0.269. The van der Waals surface area contributed by atoms with Crippen molar-refractivity contribution in [2.24, 2.45) is 0 Å². The van der Waals surface area contributed by atoms with Gasteiger partial charge in [-0.05, 0) is 20.3 Å². The van der Waals surface area contributed by atoms with Crippen LogP contribution in [-0.2, 0) is 0 Å². The number of hydrogen-bond donors (Lipinski definition) is 2. The second-order valence-electron chi connectivity index (χ2n) is 4.41. The van der Waals surface area contributed by atoms with Gasteiger partial charge in [0.25, 0.3) is 0 Å². The van der Waals surface area contributed by atoms with Gasteiger partial charge >= 0.3 is 0 Å². The summed E-state index contributed by atoms with van der Waals surface area (Å²) in [7, 11) is 0. The lowest BCUT2D eigenvalue weighted by Gasteiger charge is -2.19. The Morgan fingerprint density at radius 1 is 1.35 bits per heavy atom. The molecule has 3 heteroatoms. The Morgan fingerprint density at radius 3 is 2.41 bits per heavy atom. The van der Waals surface area contributed by atoms with Crippen molar-refractivity contribution >= 4 is 5.78 Å². The van der Waals surface area contributed by atoms with Crippen molar-refractivity contribution in [2.45, 2.75) is 39.3 Å². The zero-order valence-electron chi connectivity index (χ0n) is 10.7. The molecule has 0 saturated carbocycles. The van der Waals surface area contributed by atoms with E-state index in [1.54, 1.807) is 0 Å². The first-order valence-corrected chi connectivity index (χ1v) is 6.06. The number of nitrogens with one attached hydrogen (secondary N) is 1. The topological polar surface area (TPSA) is 49.3 Å². The van der Waals surface area contributed by atoms with Gasteiger partial charge in [0.1, 0.15) is 0 Å². The third kappa shape index (κ3) is 3.95. The van der Waals surface area contributed by atoms with Gasteiger partial charge in [-0.2, -0.15) is 0 Å². The van der Waals surface area contributed by atoms with Crippen LogP contribution in [0.3, 0.4) is 0 Å². The van der Waals surface area contributed by atoms with E-state index < -0.39 is 0 Å². The molecule has 1 aromatic rings. The van der Waals surface area contributed by atoms with E-state index in [0.717, 1.165) is 12.0 Å². The van der Waals surface area contributed by atoms with Crippen LogP contribution in [0, 0.1) is 6.92 Å². The first kappa shape index (κ1) is 13.9. The van der Waals surface area contributed by atoms with Gasteiger partial charge in [-0.25, -0.2) is 0 Å². The first-order chi connectivity index (χ1) is 8.08. The van der Waals surface area contributed by atoms with Crippen LogP contribution in [0.1, 0.15) is 36.2 Å². The largest absolute Gasteiger partial charge is 0.395 e. The van der Waals surface area contributed by atoms with E-state index in [1.165, 1.54) is 0 Å². The lowest BCUT2D eigenvalue weighted by Crippen LogP contribution is -2.42. The highest BCUT2D eigenvalue weighted by Crippen LogP contribution is 2.07. The average molecular weight is 235 g/mol. The molecule has 0 bridgehead atoms. The van der Waals surface area contributed by atoms with E-state index >= 15 is 0 Å². The summed E-state index contributed by atoms with van der Waals surface area (Å²) in [6.45, 7) is 5.87. The molecule has 0 saturated heterocycles. The maximum absolute atomic E-state index is 12.1. The van der Waals surface area contributed by atoms with E-state index in [2.05, 4.69) is 5.32 Å². The van der Waals surface area contributed by atoms with Crippen LogP contribution < -0.4 is 5.32 Å². The molecule has 17 heavy (non-hydrogen) atoms. The fourth-order valence-corrected chi connectivity index (χ4v) is 1.70. The number of aliphatic hydroxyl groups excluding tert-OH is 1. The third-order valence-corrected chi connectivity index (χ3v) is 2.93. The summed E-state index contributed by atoms with van der Waals surface area (Å²) in [5.74, 6) is 0.0666. The fourth-order valence-electron chi connectivity index (χ4n) is 1.70. The number of Topliss-reactive ketones (excluding diaryl/α,β-unsaturated/α-hetero) is 1. The monoisotopic (exact) mass is 235 g/mol. The van der Waals surface area contributed by atoms with E-state index in [0.29, 0.717) is 5.56 Å². The molecule has 1 rings (SSSR count). The van der Waals surface area contributed by atoms with E-state index in [4.69, 9.17) is 5.11 Å². The lowest BCUT2D eigenvalue weighted by molar-refractivity contribution is 0.0936. The minimum Gasteiger partial charge on any atom is -0.395 e. The molecule has 2 atom stereocenters. The highest BCUT2D eigenvalue weighted by Gasteiger charge is 2.17. The Morgan fingerprint density at radius 2 is 1.94 bits per heavy atom. The average Bonchev–Trinajstić information content (AvgIpc) is 2.35. The van der Waals surface area contributed by atoms with Gasteiger partial charge < -0.3 is 10.4 Å². The highest BCUT2D eigenvalue weighted by molar-refractivity contribution is 5.99. The summed E-state index contributed by atoms with van der Waals surface area (Å²) in [5.41, 5.74) is 1.85. The van der Waals surface area contributed by atoms with E-state index in [9.17, 15) is 4.79 Å². The third-order valence-electron chi connectivity index (χ3n) is 2.93. The summed E-state index contributed by atoms with van der Waals surface area (Å²) in [6, 6.07) is 7.27. The number of hydrogen-bond acceptors (Lipinski definition) is 3. The Kier molecular flexibility index (Phi) is 5.32. The molecule has 0 heterocycles. The van der Waals surface area contributed by atoms with Crippen LogP contribution in [-0.4, -0.2) is 29.6 Å². The molecular formula is C14H21NO2. The Balaban J connectivity index is 2.66. The van der Waals surface area contributed by atoms with Crippen LogP contribution in [0.4, 0.5) is 0 Å². The standard InChI is InChI=1S/C14H21NO2/c1-4-13(9-16)15-11(3)14(17)12-7-5-10(2)6-8-12/h5-8,11,13,15-16H,4,9H2,1-3H3. The maximum atomic E-state index is 12.1. The molecule has 0 fully saturated rings. The van der Waals surface area contributed by atoms with Crippen LogP contribution in [0.15, 0.2) is 24.3 Å². The Hall–Kier alpha value is -1.19. The summed E-state index contributed by atoms with van der Waals surface area (Å²) in [5, 5.41) is 12.2. The Bertz CT molecular complexity index is 355. The molecule has 3 nitrogen and oxygen atoms in total. The molecule has 0 aliphatic rings. The minimum absolute atomic E-state index is 0.0144. The van der Waals surface area contributed by atoms with E-state index in [-0.39, 0.29) is 24.5 Å². The highest BCUT2D eigenvalue weighted by atomic mass is 16.3. The van der Waals surface area contributed by atoms with Crippen LogP contribution in [0.5, 0.6) is 0 Å². The van der Waals surface area contributed by atoms with E-state index in [1.807, 2.05) is 45.0 Å². The smallest absolute Gasteiger partial charge is 0.179 e. The predicted octanol–water partition coefficient (Wildman–Crippen LogP) is 1.93.